The monoisotopic (exact) mass is 304 g/mol. The smallest absolute Gasteiger partial charge is 0.395 e. The molecule has 0 aliphatic heterocycles. The van der Waals surface area contributed by atoms with Crippen LogP contribution in [-0.2, 0) is 0 Å². The van der Waals surface area contributed by atoms with Crippen LogP contribution in [-0.4, -0.2) is 22.2 Å². The molecular weight excluding hydrogens is 292 g/mol. The number of rotatable bonds is 5. The third-order valence-corrected chi connectivity index (χ3v) is 2.98. The topological polar surface area (TPSA) is 85.4 Å². The lowest BCUT2D eigenvalue weighted by molar-refractivity contribution is -0.402. The summed E-state index contributed by atoms with van der Waals surface area (Å²) in [6, 6.07) is 2.40. The Morgan fingerprint density at radius 1 is 1.59 bits per heavy atom. The Morgan fingerprint density at radius 3 is 2.65 bits per heavy atom. The molecule has 0 saturated carbocycles. The van der Waals surface area contributed by atoms with E-state index < -0.39 is 16.7 Å². The van der Waals surface area contributed by atoms with Crippen molar-refractivity contribution in [3.8, 4) is 0 Å². The highest BCUT2D eigenvalue weighted by Gasteiger charge is 2.20. The fourth-order valence-corrected chi connectivity index (χ4v) is 2.08. The van der Waals surface area contributed by atoms with Gasteiger partial charge in [-0.15, -0.1) is 0 Å². The Kier molecular flexibility index (Phi) is 4.68. The molecule has 1 N–H and O–H groups in total. The lowest BCUT2D eigenvalue weighted by Gasteiger charge is -2.18. The predicted molar refractivity (Wildman–Crippen MR) is 65.2 cm³/mol. The van der Waals surface area contributed by atoms with Gasteiger partial charge in [-0.2, -0.15) is 0 Å². The molecule has 0 fully saturated rings. The van der Waals surface area contributed by atoms with Crippen LogP contribution < -0.4 is 5.32 Å². The third kappa shape index (κ3) is 3.55. The highest BCUT2D eigenvalue weighted by atomic mass is 79.9. The first-order chi connectivity index (χ1) is 7.95. The molecule has 0 radical (unpaired) electrons. The molecule has 94 valence electrons. The molecule has 0 bridgehead atoms. The summed E-state index contributed by atoms with van der Waals surface area (Å²) in [4.78, 5) is 21.4. The highest BCUT2D eigenvalue weighted by molar-refractivity contribution is 9.09. The predicted octanol–water partition coefficient (Wildman–Crippen LogP) is 2.34. The molecule has 0 aliphatic rings. The average Bonchev–Trinajstić information content (AvgIpc) is 2.74. The van der Waals surface area contributed by atoms with Crippen LogP contribution in [0, 0.1) is 16.0 Å². The summed E-state index contributed by atoms with van der Waals surface area (Å²) < 4.78 is 4.81. The number of nitrogens with one attached hydrogen (secondary N) is 1. The summed E-state index contributed by atoms with van der Waals surface area (Å²) in [6.45, 7) is 3.94. The minimum Gasteiger partial charge on any atom is -0.395 e. The maximum Gasteiger partial charge on any atom is 0.433 e. The maximum atomic E-state index is 11.7. The Labute approximate surface area is 107 Å². The molecule has 0 spiro atoms. The van der Waals surface area contributed by atoms with Crippen molar-refractivity contribution in [1.82, 2.24) is 5.32 Å². The zero-order chi connectivity index (χ0) is 13.0. The summed E-state index contributed by atoms with van der Waals surface area (Å²) in [5.74, 6) is -0.682. The van der Waals surface area contributed by atoms with Gasteiger partial charge in [0, 0.05) is 11.4 Å². The van der Waals surface area contributed by atoms with Crippen LogP contribution in [0.3, 0.4) is 0 Å². The Bertz CT molecular complexity index is 416. The van der Waals surface area contributed by atoms with Gasteiger partial charge in [-0.25, -0.2) is 0 Å². The van der Waals surface area contributed by atoms with Crippen molar-refractivity contribution in [2.75, 3.05) is 5.33 Å². The number of nitro groups is 1. The van der Waals surface area contributed by atoms with E-state index >= 15 is 0 Å². The van der Waals surface area contributed by atoms with Crippen molar-refractivity contribution in [1.29, 1.82) is 0 Å². The number of nitrogens with zero attached hydrogens (tertiary/aromatic N) is 1. The Morgan fingerprint density at radius 2 is 2.24 bits per heavy atom. The van der Waals surface area contributed by atoms with E-state index in [1.54, 1.807) is 0 Å². The van der Waals surface area contributed by atoms with E-state index in [-0.39, 0.29) is 17.7 Å². The van der Waals surface area contributed by atoms with E-state index in [0.29, 0.717) is 5.33 Å². The minimum absolute atomic E-state index is 0.0494. The van der Waals surface area contributed by atoms with Gasteiger partial charge in [0.25, 0.3) is 5.91 Å². The van der Waals surface area contributed by atoms with Crippen LogP contribution in [0.15, 0.2) is 16.5 Å². The summed E-state index contributed by atoms with van der Waals surface area (Å²) >= 11 is 3.29. The second-order valence-corrected chi connectivity index (χ2v) is 4.52. The molecule has 7 heteroatoms. The molecule has 1 heterocycles. The second-order valence-electron chi connectivity index (χ2n) is 3.87. The van der Waals surface area contributed by atoms with Gasteiger partial charge in [-0.1, -0.05) is 29.8 Å². The van der Waals surface area contributed by atoms with E-state index in [0.717, 1.165) is 6.07 Å². The molecule has 1 amide bonds. The number of halogens is 1. The van der Waals surface area contributed by atoms with Gasteiger partial charge in [-0.05, 0) is 12.0 Å². The Balaban J connectivity index is 2.72. The zero-order valence-corrected chi connectivity index (χ0v) is 11.1. The lowest BCUT2D eigenvalue weighted by atomic mass is 10.1. The SMILES string of the molecule is CC(C)C(CBr)NC(=O)c1ccc([N+](=O)[O-])o1. The first kappa shape index (κ1) is 13.7. The van der Waals surface area contributed by atoms with Crippen LogP contribution in [0.25, 0.3) is 0 Å². The van der Waals surface area contributed by atoms with Crippen molar-refractivity contribution < 1.29 is 14.1 Å². The summed E-state index contributed by atoms with van der Waals surface area (Å²) in [6.07, 6.45) is 0. The summed E-state index contributed by atoms with van der Waals surface area (Å²) in [5, 5.41) is 13.7. The molecule has 0 aliphatic carbocycles. The largest absolute Gasteiger partial charge is 0.433 e. The maximum absolute atomic E-state index is 11.7. The van der Waals surface area contributed by atoms with Gasteiger partial charge in [0.15, 0.2) is 5.76 Å². The van der Waals surface area contributed by atoms with Crippen molar-refractivity contribution in [3.63, 3.8) is 0 Å². The van der Waals surface area contributed by atoms with E-state index in [2.05, 4.69) is 21.2 Å². The van der Waals surface area contributed by atoms with Crippen molar-refractivity contribution >= 4 is 27.7 Å². The van der Waals surface area contributed by atoms with Crippen molar-refractivity contribution in [3.05, 3.63) is 28.0 Å². The van der Waals surface area contributed by atoms with Crippen molar-refractivity contribution in [2.45, 2.75) is 19.9 Å². The minimum atomic E-state index is -0.679. The summed E-state index contributed by atoms with van der Waals surface area (Å²) in [5.41, 5.74) is 0. The molecule has 1 atom stereocenters. The molecule has 1 rings (SSSR count). The molecule has 1 unspecified atom stereocenters. The molecule has 1 aromatic rings. The molecular formula is C10H13BrN2O4. The number of hydrogen-bond acceptors (Lipinski definition) is 4. The Hall–Kier alpha value is -1.37. The third-order valence-electron chi connectivity index (χ3n) is 2.28. The second kappa shape index (κ2) is 5.81. The normalized spacial score (nSPS) is 12.5. The molecule has 0 aromatic carbocycles. The summed E-state index contributed by atoms with van der Waals surface area (Å²) in [7, 11) is 0. The highest BCUT2D eigenvalue weighted by Crippen LogP contribution is 2.16. The number of alkyl halides is 1. The number of carbonyl (C=O) groups is 1. The van der Waals surface area contributed by atoms with Crippen LogP contribution >= 0.6 is 15.9 Å². The number of hydrogen-bond donors (Lipinski definition) is 1. The fraction of sp³-hybridized carbons (Fsp3) is 0.500. The van der Waals surface area contributed by atoms with Gasteiger partial charge in [-0.3, -0.25) is 14.9 Å². The standard InChI is InChI=1S/C10H13BrN2O4/c1-6(2)7(5-11)12-10(14)8-3-4-9(17-8)13(15)16/h3-4,6-7H,5H2,1-2H3,(H,12,14). The molecule has 17 heavy (non-hydrogen) atoms. The fourth-order valence-electron chi connectivity index (χ4n) is 1.17. The van der Waals surface area contributed by atoms with Crippen LogP contribution in [0.4, 0.5) is 5.88 Å². The van der Waals surface area contributed by atoms with Gasteiger partial charge in [0.1, 0.15) is 4.92 Å². The van der Waals surface area contributed by atoms with E-state index in [4.69, 9.17) is 4.42 Å². The van der Waals surface area contributed by atoms with Crippen LogP contribution in [0.5, 0.6) is 0 Å². The van der Waals surface area contributed by atoms with E-state index in [1.165, 1.54) is 6.07 Å². The molecule has 0 saturated heterocycles. The van der Waals surface area contributed by atoms with Crippen molar-refractivity contribution in [2.24, 2.45) is 5.92 Å². The lowest BCUT2D eigenvalue weighted by Crippen LogP contribution is -2.39. The quantitative estimate of drug-likeness (QED) is 0.514. The molecule has 1 aromatic heterocycles. The van der Waals surface area contributed by atoms with Crippen LogP contribution in [0.2, 0.25) is 0 Å². The van der Waals surface area contributed by atoms with E-state index in [9.17, 15) is 14.9 Å². The number of carbonyl (C=O) groups excluding carboxylic acids is 1. The van der Waals surface area contributed by atoms with Gasteiger partial charge in [0.05, 0.1) is 6.07 Å². The van der Waals surface area contributed by atoms with Gasteiger partial charge >= 0.3 is 5.88 Å². The molecule has 6 nitrogen and oxygen atoms in total. The number of furan rings is 1. The first-order valence-electron chi connectivity index (χ1n) is 5.06. The van der Waals surface area contributed by atoms with Gasteiger partial charge < -0.3 is 9.73 Å². The van der Waals surface area contributed by atoms with Gasteiger partial charge in [0.2, 0.25) is 0 Å². The van der Waals surface area contributed by atoms with E-state index in [1.807, 2.05) is 13.8 Å². The number of amides is 1. The average molecular weight is 305 g/mol. The first-order valence-corrected chi connectivity index (χ1v) is 6.19. The zero-order valence-electron chi connectivity index (χ0n) is 9.47. The van der Waals surface area contributed by atoms with Crippen LogP contribution in [0.1, 0.15) is 24.4 Å².